The predicted molar refractivity (Wildman–Crippen MR) is 53.1 cm³/mol. The Bertz CT molecular complexity index is 369. The summed E-state index contributed by atoms with van der Waals surface area (Å²) in [5, 5.41) is 0. The molecule has 3 rings (SSSR count). The smallest absolute Gasteiger partial charge is 0.307 e. The minimum absolute atomic E-state index is 0.0192. The van der Waals surface area contributed by atoms with Gasteiger partial charge in [0.25, 0.3) is 0 Å². The Kier molecular flexibility index (Phi) is 1.79. The van der Waals surface area contributed by atoms with Crippen molar-refractivity contribution in [3.63, 3.8) is 0 Å². The topological polar surface area (TPSA) is 43.4 Å². The van der Waals surface area contributed by atoms with Crippen LogP contribution >= 0.6 is 0 Å². The van der Waals surface area contributed by atoms with Crippen LogP contribution in [-0.4, -0.2) is 17.9 Å². The molecule has 2 unspecified atom stereocenters. The van der Waals surface area contributed by atoms with Gasteiger partial charge in [-0.05, 0) is 25.7 Å². The van der Waals surface area contributed by atoms with E-state index < -0.39 is 0 Å². The third-order valence-corrected chi connectivity index (χ3v) is 4.00. The van der Waals surface area contributed by atoms with Crippen LogP contribution in [0, 0.1) is 5.41 Å². The first-order valence-electron chi connectivity index (χ1n) is 5.66. The van der Waals surface area contributed by atoms with Crippen molar-refractivity contribution in [3.05, 3.63) is 11.6 Å². The highest BCUT2D eigenvalue weighted by Crippen LogP contribution is 2.53. The maximum atomic E-state index is 11.8. The highest BCUT2D eigenvalue weighted by molar-refractivity contribution is 5.99. The van der Waals surface area contributed by atoms with E-state index in [0.29, 0.717) is 12.8 Å². The first-order valence-corrected chi connectivity index (χ1v) is 5.66. The van der Waals surface area contributed by atoms with Gasteiger partial charge in [0.05, 0.1) is 6.42 Å². The molecule has 0 N–H and O–H groups in total. The molecule has 1 saturated carbocycles. The lowest BCUT2D eigenvalue weighted by Crippen LogP contribution is -2.41. The largest absolute Gasteiger partial charge is 0.461 e. The maximum absolute atomic E-state index is 11.8. The molecule has 0 amide bonds. The maximum Gasteiger partial charge on any atom is 0.307 e. The number of rotatable bonds is 0. The van der Waals surface area contributed by atoms with Crippen molar-refractivity contribution in [1.82, 2.24) is 0 Å². The zero-order valence-corrected chi connectivity index (χ0v) is 8.62. The number of ether oxygens (including phenoxy) is 1. The molecular weight excluding hydrogens is 192 g/mol. The van der Waals surface area contributed by atoms with E-state index in [9.17, 15) is 9.59 Å². The molecule has 0 radical (unpaired) electrons. The molecule has 2 atom stereocenters. The summed E-state index contributed by atoms with van der Waals surface area (Å²) >= 11 is 0. The second kappa shape index (κ2) is 2.94. The number of esters is 1. The Morgan fingerprint density at radius 1 is 1.40 bits per heavy atom. The average molecular weight is 206 g/mol. The van der Waals surface area contributed by atoms with Gasteiger partial charge in [0.2, 0.25) is 0 Å². The van der Waals surface area contributed by atoms with Crippen molar-refractivity contribution >= 4 is 11.8 Å². The Morgan fingerprint density at radius 3 is 3.13 bits per heavy atom. The molecule has 1 heterocycles. The van der Waals surface area contributed by atoms with Gasteiger partial charge in [0.1, 0.15) is 6.10 Å². The van der Waals surface area contributed by atoms with Crippen molar-refractivity contribution in [3.8, 4) is 0 Å². The second-order valence-electron chi connectivity index (χ2n) is 4.78. The van der Waals surface area contributed by atoms with E-state index in [1.54, 1.807) is 0 Å². The molecule has 3 heteroatoms. The van der Waals surface area contributed by atoms with Crippen molar-refractivity contribution in [2.45, 2.75) is 44.6 Å². The third-order valence-electron chi connectivity index (χ3n) is 4.00. The molecule has 80 valence electrons. The minimum Gasteiger partial charge on any atom is -0.461 e. The number of Topliss-reactive ketones (excluding diaryl/α,β-unsaturated/α-hetero) is 1. The van der Waals surface area contributed by atoms with Crippen LogP contribution < -0.4 is 0 Å². The van der Waals surface area contributed by atoms with Crippen LogP contribution in [0.2, 0.25) is 0 Å². The van der Waals surface area contributed by atoms with E-state index in [1.807, 2.05) is 6.08 Å². The molecular formula is C12H14O3. The number of ketones is 1. The van der Waals surface area contributed by atoms with Gasteiger partial charge in [-0.2, -0.15) is 0 Å². The number of hydrogen-bond acceptors (Lipinski definition) is 3. The lowest BCUT2D eigenvalue weighted by atomic mass is 9.62. The predicted octanol–water partition coefficient (Wildman–Crippen LogP) is 1.76. The Balaban J connectivity index is 2.08. The highest BCUT2D eigenvalue weighted by atomic mass is 16.6. The molecule has 0 aromatic carbocycles. The fourth-order valence-electron chi connectivity index (χ4n) is 3.33. The molecule has 0 bridgehead atoms. The van der Waals surface area contributed by atoms with Gasteiger partial charge in [0.15, 0.2) is 5.78 Å². The summed E-state index contributed by atoms with van der Waals surface area (Å²) in [4.78, 5) is 23.2. The highest BCUT2D eigenvalue weighted by Gasteiger charge is 2.55. The quantitative estimate of drug-likeness (QED) is 0.567. The van der Waals surface area contributed by atoms with E-state index >= 15 is 0 Å². The molecule has 1 aliphatic heterocycles. The van der Waals surface area contributed by atoms with Crippen LogP contribution in [0.5, 0.6) is 0 Å². The summed E-state index contributed by atoms with van der Waals surface area (Å²) in [7, 11) is 0. The van der Waals surface area contributed by atoms with Crippen molar-refractivity contribution < 1.29 is 14.3 Å². The zero-order chi connectivity index (χ0) is 10.5. The van der Waals surface area contributed by atoms with Gasteiger partial charge in [-0.25, -0.2) is 0 Å². The SMILES string of the molecule is O=C1CC23CCCC=C2C(=O)CCC3O1. The fraction of sp³-hybridized carbons (Fsp3) is 0.667. The molecule has 1 spiro atoms. The number of carbonyl (C=O) groups excluding carboxylic acids is 2. The van der Waals surface area contributed by atoms with Crippen LogP contribution in [0.1, 0.15) is 38.5 Å². The van der Waals surface area contributed by atoms with E-state index in [1.165, 1.54) is 0 Å². The van der Waals surface area contributed by atoms with Crippen LogP contribution in [-0.2, 0) is 14.3 Å². The molecule has 2 fully saturated rings. The van der Waals surface area contributed by atoms with Gasteiger partial charge in [-0.3, -0.25) is 9.59 Å². The third kappa shape index (κ3) is 1.12. The van der Waals surface area contributed by atoms with Crippen LogP contribution in [0.15, 0.2) is 11.6 Å². The van der Waals surface area contributed by atoms with Gasteiger partial charge >= 0.3 is 5.97 Å². The molecule has 2 aliphatic carbocycles. The Labute approximate surface area is 88.5 Å². The van der Waals surface area contributed by atoms with E-state index in [4.69, 9.17) is 4.74 Å². The normalized spacial score (nSPS) is 39.2. The Hall–Kier alpha value is -1.12. The van der Waals surface area contributed by atoms with Crippen molar-refractivity contribution in [2.75, 3.05) is 0 Å². The zero-order valence-electron chi connectivity index (χ0n) is 8.62. The summed E-state index contributed by atoms with van der Waals surface area (Å²) in [6, 6.07) is 0. The summed E-state index contributed by atoms with van der Waals surface area (Å²) in [5.74, 6) is 0.117. The van der Waals surface area contributed by atoms with Crippen molar-refractivity contribution in [2.24, 2.45) is 5.41 Å². The van der Waals surface area contributed by atoms with Gasteiger partial charge in [-0.1, -0.05) is 6.08 Å². The molecule has 3 aliphatic rings. The number of allylic oxidation sites excluding steroid dienone is 1. The first-order chi connectivity index (χ1) is 7.22. The summed E-state index contributed by atoms with van der Waals surface area (Å²) in [5.41, 5.74) is 0.667. The second-order valence-corrected chi connectivity index (χ2v) is 4.78. The summed E-state index contributed by atoms with van der Waals surface area (Å²) in [6.07, 6.45) is 6.71. The Morgan fingerprint density at radius 2 is 2.27 bits per heavy atom. The van der Waals surface area contributed by atoms with Crippen LogP contribution in [0.3, 0.4) is 0 Å². The van der Waals surface area contributed by atoms with Crippen molar-refractivity contribution in [1.29, 1.82) is 0 Å². The minimum atomic E-state index is -0.231. The molecule has 3 nitrogen and oxygen atoms in total. The van der Waals surface area contributed by atoms with Gasteiger partial charge in [-0.15, -0.1) is 0 Å². The summed E-state index contributed by atoms with van der Waals surface area (Å²) in [6.45, 7) is 0. The monoisotopic (exact) mass is 206 g/mol. The molecule has 0 aromatic heterocycles. The standard InChI is InChI=1S/C12H14O3/c13-9-4-5-10-12(7-11(14)15-10)6-2-1-3-8(9)12/h3,10H,1-2,4-7H2. The van der Waals surface area contributed by atoms with E-state index in [0.717, 1.165) is 31.3 Å². The first kappa shape index (κ1) is 9.13. The lowest BCUT2D eigenvalue weighted by Gasteiger charge is -2.40. The summed E-state index contributed by atoms with van der Waals surface area (Å²) < 4.78 is 5.34. The number of carbonyl (C=O) groups is 2. The molecule has 0 aromatic rings. The lowest BCUT2D eigenvalue weighted by molar-refractivity contribution is -0.143. The van der Waals surface area contributed by atoms with E-state index in [-0.39, 0.29) is 23.3 Å². The number of hydrogen-bond donors (Lipinski definition) is 0. The van der Waals surface area contributed by atoms with E-state index in [2.05, 4.69) is 0 Å². The van der Waals surface area contributed by atoms with Crippen LogP contribution in [0.25, 0.3) is 0 Å². The average Bonchev–Trinajstić information content (AvgIpc) is 2.53. The van der Waals surface area contributed by atoms with Gasteiger partial charge < -0.3 is 4.74 Å². The molecule has 1 saturated heterocycles. The molecule has 15 heavy (non-hydrogen) atoms. The van der Waals surface area contributed by atoms with Gasteiger partial charge in [0, 0.05) is 17.4 Å². The van der Waals surface area contributed by atoms with Crippen LogP contribution in [0.4, 0.5) is 0 Å². The fourth-order valence-corrected chi connectivity index (χ4v) is 3.33.